The lowest BCUT2D eigenvalue weighted by atomic mass is 10.0. The lowest BCUT2D eigenvalue weighted by Crippen LogP contribution is -2.41. The number of aryl methyl sites for hydroxylation is 2. The number of carbonyl (C=O) groups excluding carboxylic acids is 1. The average molecular weight is 282 g/mol. The van der Waals surface area contributed by atoms with E-state index in [4.69, 9.17) is 0 Å². The van der Waals surface area contributed by atoms with Gasteiger partial charge in [-0.15, -0.1) is 0 Å². The van der Waals surface area contributed by atoms with E-state index in [0.29, 0.717) is 5.92 Å². The number of hydrogen-bond acceptors (Lipinski definition) is 3. The zero-order valence-electron chi connectivity index (χ0n) is 13.0. The predicted molar refractivity (Wildman–Crippen MR) is 79.9 cm³/mol. The van der Waals surface area contributed by atoms with Crippen LogP contribution in [0.2, 0.25) is 0 Å². The second-order valence-corrected chi connectivity index (χ2v) is 5.47. The molecular weight excluding hydrogens is 256 g/mol. The Morgan fingerprint density at radius 1 is 1.40 bits per heavy atom. The van der Waals surface area contributed by atoms with Crippen molar-refractivity contribution in [3.8, 4) is 0 Å². The number of rotatable bonds is 6. The minimum atomic E-state index is -0.299. The van der Waals surface area contributed by atoms with Gasteiger partial charge in [0.2, 0.25) is 0 Å². The van der Waals surface area contributed by atoms with Gasteiger partial charge in [0.05, 0.1) is 29.7 Å². The lowest BCUT2D eigenvalue weighted by Gasteiger charge is -2.18. The third-order valence-electron chi connectivity index (χ3n) is 3.23. The van der Waals surface area contributed by atoms with E-state index in [9.17, 15) is 9.90 Å². The van der Waals surface area contributed by atoms with E-state index < -0.39 is 0 Å². The van der Waals surface area contributed by atoms with Gasteiger partial charge in [0.15, 0.2) is 0 Å². The fourth-order valence-corrected chi connectivity index (χ4v) is 2.27. The van der Waals surface area contributed by atoms with Gasteiger partial charge < -0.3 is 15.7 Å². The largest absolute Gasteiger partial charge is 0.394 e. The Hall–Kier alpha value is -1.56. The van der Waals surface area contributed by atoms with E-state index in [0.717, 1.165) is 30.0 Å². The first-order chi connectivity index (χ1) is 9.38. The van der Waals surface area contributed by atoms with Crippen LogP contribution in [0.3, 0.4) is 0 Å². The van der Waals surface area contributed by atoms with E-state index in [2.05, 4.69) is 29.6 Å². The van der Waals surface area contributed by atoms with Crippen LogP contribution >= 0.6 is 0 Å². The quantitative estimate of drug-likeness (QED) is 0.747. The number of anilines is 1. The van der Waals surface area contributed by atoms with Crippen LogP contribution in [0.5, 0.6) is 0 Å². The van der Waals surface area contributed by atoms with Gasteiger partial charge >= 0.3 is 6.03 Å². The van der Waals surface area contributed by atoms with Crippen LogP contribution in [0.25, 0.3) is 0 Å². The van der Waals surface area contributed by atoms with Crippen molar-refractivity contribution < 1.29 is 9.90 Å². The van der Waals surface area contributed by atoms with Crippen molar-refractivity contribution >= 4 is 11.7 Å². The number of hydrogen-bond donors (Lipinski definition) is 3. The smallest absolute Gasteiger partial charge is 0.319 e. The molecule has 6 heteroatoms. The molecule has 2 amide bonds. The summed E-state index contributed by atoms with van der Waals surface area (Å²) in [5.74, 6) is 0.416. The van der Waals surface area contributed by atoms with Crippen LogP contribution in [0.15, 0.2) is 0 Å². The summed E-state index contributed by atoms with van der Waals surface area (Å²) in [6.07, 6.45) is 0.746. The van der Waals surface area contributed by atoms with Crippen LogP contribution in [0.4, 0.5) is 10.5 Å². The highest BCUT2D eigenvalue weighted by molar-refractivity contribution is 5.90. The predicted octanol–water partition coefficient (Wildman–Crippen LogP) is 2.05. The van der Waals surface area contributed by atoms with E-state index in [1.165, 1.54) is 0 Å². The maximum absolute atomic E-state index is 12.0. The van der Waals surface area contributed by atoms with E-state index >= 15 is 0 Å². The van der Waals surface area contributed by atoms with Crippen molar-refractivity contribution in [2.45, 2.75) is 53.6 Å². The van der Waals surface area contributed by atoms with Gasteiger partial charge in [0.25, 0.3) is 0 Å². The van der Waals surface area contributed by atoms with E-state index in [1.54, 1.807) is 0 Å². The third kappa shape index (κ3) is 4.23. The van der Waals surface area contributed by atoms with Crippen molar-refractivity contribution in [1.29, 1.82) is 0 Å². The topological polar surface area (TPSA) is 79.2 Å². The zero-order chi connectivity index (χ0) is 15.3. The Balaban J connectivity index is 2.68. The molecule has 0 spiro atoms. The van der Waals surface area contributed by atoms with Crippen molar-refractivity contribution in [1.82, 2.24) is 15.1 Å². The number of aliphatic hydroxyl groups excluding tert-OH is 1. The molecule has 1 aromatic rings. The van der Waals surface area contributed by atoms with Crippen molar-refractivity contribution in [2.24, 2.45) is 5.92 Å². The van der Waals surface area contributed by atoms with Crippen molar-refractivity contribution in [3.05, 3.63) is 11.4 Å². The highest BCUT2D eigenvalue weighted by Gasteiger charge is 2.16. The first-order valence-electron chi connectivity index (χ1n) is 7.11. The highest BCUT2D eigenvalue weighted by Crippen LogP contribution is 2.19. The Kier molecular flexibility index (Phi) is 6.01. The molecule has 6 nitrogen and oxygen atoms in total. The van der Waals surface area contributed by atoms with Crippen LogP contribution in [0, 0.1) is 19.8 Å². The first-order valence-corrected chi connectivity index (χ1v) is 7.11. The van der Waals surface area contributed by atoms with Crippen molar-refractivity contribution in [2.75, 3.05) is 11.9 Å². The highest BCUT2D eigenvalue weighted by atomic mass is 16.3. The Morgan fingerprint density at radius 2 is 2.05 bits per heavy atom. The third-order valence-corrected chi connectivity index (χ3v) is 3.23. The fraction of sp³-hybridized carbons (Fsp3) is 0.714. The standard InChI is InChI=1S/C14H26N4O2/c1-6-18-11(5)13(10(4)17-18)16-14(20)15-12(8-19)7-9(2)3/h9,12,19H,6-8H2,1-5H3,(H2,15,16,20). The van der Waals surface area contributed by atoms with E-state index in [-0.39, 0.29) is 18.7 Å². The molecule has 1 atom stereocenters. The van der Waals surface area contributed by atoms with Gasteiger partial charge in [-0.2, -0.15) is 5.10 Å². The second-order valence-electron chi connectivity index (χ2n) is 5.47. The molecule has 114 valence electrons. The molecule has 0 bridgehead atoms. The number of amides is 2. The summed E-state index contributed by atoms with van der Waals surface area (Å²) in [6, 6.07) is -0.525. The Labute approximate surface area is 120 Å². The number of nitrogens with one attached hydrogen (secondary N) is 2. The molecule has 0 fully saturated rings. The molecule has 1 rings (SSSR count). The summed E-state index contributed by atoms with van der Waals surface area (Å²) in [5, 5.41) is 19.3. The molecule has 0 aromatic carbocycles. The Bertz CT molecular complexity index is 454. The SMILES string of the molecule is CCn1nc(C)c(NC(=O)NC(CO)CC(C)C)c1C. The van der Waals surface area contributed by atoms with Gasteiger partial charge in [-0.1, -0.05) is 13.8 Å². The number of urea groups is 1. The fourth-order valence-electron chi connectivity index (χ4n) is 2.27. The molecule has 3 N–H and O–H groups in total. The van der Waals surface area contributed by atoms with Gasteiger partial charge in [-0.3, -0.25) is 4.68 Å². The zero-order valence-corrected chi connectivity index (χ0v) is 13.0. The Morgan fingerprint density at radius 3 is 2.50 bits per heavy atom. The number of aromatic nitrogens is 2. The van der Waals surface area contributed by atoms with Crippen LogP contribution in [0.1, 0.15) is 38.6 Å². The van der Waals surface area contributed by atoms with Crippen LogP contribution < -0.4 is 10.6 Å². The number of nitrogens with zero attached hydrogens (tertiary/aromatic N) is 2. The van der Waals surface area contributed by atoms with Gasteiger partial charge in [0, 0.05) is 6.54 Å². The molecule has 0 aliphatic carbocycles. The molecular formula is C14H26N4O2. The lowest BCUT2D eigenvalue weighted by molar-refractivity contribution is 0.214. The monoisotopic (exact) mass is 282 g/mol. The maximum atomic E-state index is 12.0. The summed E-state index contributed by atoms with van der Waals surface area (Å²) in [7, 11) is 0. The maximum Gasteiger partial charge on any atom is 0.319 e. The average Bonchev–Trinajstić information content (AvgIpc) is 2.64. The van der Waals surface area contributed by atoms with Gasteiger partial charge in [0.1, 0.15) is 0 Å². The molecule has 0 radical (unpaired) electrons. The van der Waals surface area contributed by atoms with E-state index in [1.807, 2.05) is 25.5 Å². The molecule has 1 unspecified atom stereocenters. The van der Waals surface area contributed by atoms with Crippen molar-refractivity contribution in [3.63, 3.8) is 0 Å². The number of aliphatic hydroxyl groups is 1. The van der Waals surface area contributed by atoms with Gasteiger partial charge in [-0.05, 0) is 33.1 Å². The summed E-state index contributed by atoms with van der Waals surface area (Å²) < 4.78 is 1.85. The minimum Gasteiger partial charge on any atom is -0.394 e. The minimum absolute atomic E-state index is 0.0578. The summed E-state index contributed by atoms with van der Waals surface area (Å²) in [4.78, 5) is 12.0. The van der Waals surface area contributed by atoms with Gasteiger partial charge in [-0.25, -0.2) is 4.79 Å². The molecule has 1 heterocycles. The summed E-state index contributed by atoms with van der Waals surface area (Å²) >= 11 is 0. The molecule has 0 aliphatic heterocycles. The summed E-state index contributed by atoms with van der Waals surface area (Å²) in [6.45, 7) is 10.6. The number of carbonyl (C=O) groups is 1. The summed E-state index contributed by atoms with van der Waals surface area (Å²) in [5.41, 5.74) is 2.47. The molecule has 0 saturated carbocycles. The second kappa shape index (κ2) is 7.28. The van der Waals surface area contributed by atoms with Crippen LogP contribution in [-0.2, 0) is 6.54 Å². The normalized spacial score (nSPS) is 12.6. The van der Waals surface area contributed by atoms with Crippen LogP contribution in [-0.4, -0.2) is 33.6 Å². The first kappa shape index (κ1) is 16.5. The molecule has 20 heavy (non-hydrogen) atoms. The molecule has 1 aromatic heterocycles. The molecule has 0 saturated heterocycles. The molecule has 0 aliphatic rings.